The van der Waals surface area contributed by atoms with Gasteiger partial charge in [-0.25, -0.2) is 4.39 Å². The number of benzene rings is 1. The van der Waals surface area contributed by atoms with E-state index in [1.807, 2.05) is 0 Å². The van der Waals surface area contributed by atoms with Crippen molar-refractivity contribution in [2.24, 2.45) is 0 Å². The summed E-state index contributed by atoms with van der Waals surface area (Å²) in [5.74, 6) is 0.230. The first-order chi connectivity index (χ1) is 5.27. The quantitative estimate of drug-likeness (QED) is 0.704. The van der Waals surface area contributed by atoms with Crippen molar-refractivity contribution >= 4 is 5.69 Å². The maximum atomic E-state index is 12.9. The molecule has 0 aliphatic rings. The molecular weight excluding hydrogens is 145 g/mol. The first kappa shape index (κ1) is 7.85. The monoisotopic (exact) mass is 155 g/mol. The average Bonchev–Trinajstić information content (AvgIpc) is 2.04. The molecule has 0 saturated carbocycles. The Hall–Kier alpha value is -1.25. The minimum absolute atomic E-state index is 0.299. The smallest absolute Gasteiger partial charge is 0.149 e. The maximum Gasteiger partial charge on any atom is 0.149 e. The van der Waals surface area contributed by atoms with Gasteiger partial charge in [-0.15, -0.1) is 0 Å². The van der Waals surface area contributed by atoms with E-state index in [0.29, 0.717) is 11.4 Å². The maximum absolute atomic E-state index is 12.9. The summed E-state index contributed by atoms with van der Waals surface area (Å²) in [6, 6.07) is 4.68. The van der Waals surface area contributed by atoms with Crippen molar-refractivity contribution in [3.05, 3.63) is 24.0 Å². The lowest BCUT2D eigenvalue weighted by Gasteiger charge is -2.03. The molecule has 1 rings (SSSR count). The van der Waals surface area contributed by atoms with Crippen molar-refractivity contribution in [3.8, 4) is 5.75 Å². The summed E-state index contributed by atoms with van der Waals surface area (Å²) in [7, 11) is 3.18. The van der Waals surface area contributed by atoms with Gasteiger partial charge in [0.2, 0.25) is 0 Å². The molecule has 0 atom stereocenters. The number of ether oxygens (including phenoxy) is 1. The van der Waals surface area contributed by atoms with E-state index in [-0.39, 0.29) is 5.82 Å². The van der Waals surface area contributed by atoms with Gasteiger partial charge in [0, 0.05) is 13.1 Å². The van der Waals surface area contributed by atoms with E-state index < -0.39 is 0 Å². The normalized spacial score (nSPS) is 9.36. The molecule has 60 valence electrons. The SMILES string of the molecule is CNc1ccc(OC)cc1F. The molecule has 0 aromatic heterocycles. The van der Waals surface area contributed by atoms with Gasteiger partial charge in [-0.05, 0) is 12.1 Å². The number of methoxy groups -OCH3 is 1. The highest BCUT2D eigenvalue weighted by atomic mass is 19.1. The zero-order valence-electron chi connectivity index (χ0n) is 6.52. The molecule has 1 aromatic rings. The van der Waals surface area contributed by atoms with Crippen LogP contribution >= 0.6 is 0 Å². The number of hydrogen-bond donors (Lipinski definition) is 1. The Bertz CT molecular complexity index is 250. The van der Waals surface area contributed by atoms with Crippen molar-refractivity contribution in [1.29, 1.82) is 0 Å². The second kappa shape index (κ2) is 3.23. The Morgan fingerprint density at radius 3 is 2.64 bits per heavy atom. The summed E-state index contributed by atoms with van der Waals surface area (Å²) in [6.45, 7) is 0. The van der Waals surface area contributed by atoms with Gasteiger partial charge in [0.05, 0.1) is 12.8 Å². The van der Waals surface area contributed by atoms with Crippen LogP contribution in [0.15, 0.2) is 18.2 Å². The predicted octanol–water partition coefficient (Wildman–Crippen LogP) is 1.88. The molecule has 0 unspecified atom stereocenters. The van der Waals surface area contributed by atoms with E-state index in [1.165, 1.54) is 13.2 Å². The molecule has 0 bridgehead atoms. The van der Waals surface area contributed by atoms with Gasteiger partial charge >= 0.3 is 0 Å². The lowest BCUT2D eigenvalue weighted by atomic mass is 10.3. The zero-order chi connectivity index (χ0) is 8.27. The highest BCUT2D eigenvalue weighted by Crippen LogP contribution is 2.19. The van der Waals surface area contributed by atoms with Gasteiger partial charge < -0.3 is 10.1 Å². The summed E-state index contributed by atoms with van der Waals surface area (Å²) >= 11 is 0. The van der Waals surface area contributed by atoms with Crippen LogP contribution in [0.25, 0.3) is 0 Å². The molecule has 2 nitrogen and oxygen atoms in total. The van der Waals surface area contributed by atoms with Gasteiger partial charge in [0.25, 0.3) is 0 Å². The molecule has 0 spiro atoms. The van der Waals surface area contributed by atoms with Crippen LogP contribution < -0.4 is 10.1 Å². The van der Waals surface area contributed by atoms with Crippen LogP contribution in [-0.4, -0.2) is 14.2 Å². The summed E-state index contributed by atoms with van der Waals surface area (Å²) < 4.78 is 17.7. The zero-order valence-corrected chi connectivity index (χ0v) is 6.52. The summed E-state index contributed by atoms with van der Waals surface area (Å²) in [4.78, 5) is 0. The Morgan fingerprint density at radius 2 is 2.18 bits per heavy atom. The molecule has 0 heterocycles. The lowest BCUT2D eigenvalue weighted by Crippen LogP contribution is -1.92. The fourth-order valence-corrected chi connectivity index (χ4v) is 0.826. The standard InChI is InChI=1S/C8H10FNO/c1-10-8-4-3-6(11-2)5-7(8)9/h3-5,10H,1-2H3. The molecule has 0 saturated heterocycles. The van der Waals surface area contributed by atoms with Crippen molar-refractivity contribution in [2.45, 2.75) is 0 Å². The molecule has 1 aromatic carbocycles. The molecule has 1 N–H and O–H groups in total. The van der Waals surface area contributed by atoms with Crippen LogP contribution in [0.3, 0.4) is 0 Å². The summed E-state index contributed by atoms with van der Waals surface area (Å²) in [6.07, 6.45) is 0. The molecule has 0 aliphatic heterocycles. The Morgan fingerprint density at radius 1 is 1.45 bits per heavy atom. The molecule has 0 fully saturated rings. The number of hydrogen-bond acceptors (Lipinski definition) is 2. The molecular formula is C8H10FNO. The molecule has 0 aliphatic carbocycles. The third-order valence-corrected chi connectivity index (χ3v) is 1.45. The van der Waals surface area contributed by atoms with Crippen molar-refractivity contribution < 1.29 is 9.13 Å². The topological polar surface area (TPSA) is 21.3 Å². The first-order valence-corrected chi connectivity index (χ1v) is 3.29. The van der Waals surface area contributed by atoms with Crippen LogP contribution in [0.2, 0.25) is 0 Å². The lowest BCUT2D eigenvalue weighted by molar-refractivity contribution is 0.411. The van der Waals surface area contributed by atoms with Crippen molar-refractivity contribution in [1.82, 2.24) is 0 Å². The van der Waals surface area contributed by atoms with Crippen LogP contribution in [0.1, 0.15) is 0 Å². The number of anilines is 1. The van der Waals surface area contributed by atoms with Crippen LogP contribution in [0, 0.1) is 5.82 Å². The minimum Gasteiger partial charge on any atom is -0.497 e. The van der Waals surface area contributed by atoms with Gasteiger partial charge in [-0.3, -0.25) is 0 Å². The Balaban J connectivity index is 2.99. The Kier molecular flexibility index (Phi) is 2.31. The highest BCUT2D eigenvalue weighted by Gasteiger charge is 2.00. The van der Waals surface area contributed by atoms with Crippen molar-refractivity contribution in [3.63, 3.8) is 0 Å². The summed E-state index contributed by atoms with van der Waals surface area (Å²) in [5, 5.41) is 2.72. The van der Waals surface area contributed by atoms with Gasteiger partial charge in [-0.2, -0.15) is 0 Å². The molecule has 3 heteroatoms. The van der Waals surface area contributed by atoms with E-state index in [4.69, 9.17) is 4.74 Å². The fourth-order valence-electron chi connectivity index (χ4n) is 0.826. The van der Waals surface area contributed by atoms with Crippen molar-refractivity contribution in [2.75, 3.05) is 19.5 Å². The van der Waals surface area contributed by atoms with E-state index in [9.17, 15) is 4.39 Å². The average molecular weight is 155 g/mol. The third kappa shape index (κ3) is 1.61. The molecule has 0 radical (unpaired) electrons. The van der Waals surface area contributed by atoms with E-state index in [2.05, 4.69) is 5.32 Å². The van der Waals surface area contributed by atoms with E-state index in [0.717, 1.165) is 0 Å². The van der Waals surface area contributed by atoms with Gasteiger partial charge in [-0.1, -0.05) is 0 Å². The van der Waals surface area contributed by atoms with Crippen LogP contribution in [0.4, 0.5) is 10.1 Å². The first-order valence-electron chi connectivity index (χ1n) is 3.29. The van der Waals surface area contributed by atoms with E-state index >= 15 is 0 Å². The van der Waals surface area contributed by atoms with Crippen LogP contribution in [-0.2, 0) is 0 Å². The number of rotatable bonds is 2. The van der Waals surface area contributed by atoms with E-state index in [1.54, 1.807) is 19.2 Å². The third-order valence-electron chi connectivity index (χ3n) is 1.45. The Labute approximate surface area is 65.0 Å². The minimum atomic E-state index is -0.299. The largest absolute Gasteiger partial charge is 0.497 e. The number of nitrogens with one attached hydrogen (secondary N) is 1. The number of halogens is 1. The van der Waals surface area contributed by atoms with Crippen LogP contribution in [0.5, 0.6) is 5.75 Å². The predicted molar refractivity (Wildman–Crippen MR) is 42.5 cm³/mol. The van der Waals surface area contributed by atoms with Gasteiger partial charge in [0.15, 0.2) is 0 Å². The molecule has 0 amide bonds. The van der Waals surface area contributed by atoms with Gasteiger partial charge in [0.1, 0.15) is 11.6 Å². The second-order valence-corrected chi connectivity index (χ2v) is 2.10. The second-order valence-electron chi connectivity index (χ2n) is 2.10. The summed E-state index contributed by atoms with van der Waals surface area (Å²) in [5.41, 5.74) is 0.478. The highest BCUT2D eigenvalue weighted by molar-refractivity contribution is 5.47. The molecule has 11 heavy (non-hydrogen) atoms. The fraction of sp³-hybridized carbons (Fsp3) is 0.250.